The number of hydrogen-bond donors (Lipinski definition) is 2. The van der Waals surface area contributed by atoms with Gasteiger partial charge in [0.2, 0.25) is 17.7 Å². The van der Waals surface area contributed by atoms with E-state index in [1.54, 1.807) is 16.9 Å². The number of fused-ring (bicyclic) bond motifs is 1. The normalized spacial score (nSPS) is 25.7. The van der Waals surface area contributed by atoms with Crippen molar-refractivity contribution in [3.05, 3.63) is 29.7 Å². The summed E-state index contributed by atoms with van der Waals surface area (Å²) in [7, 11) is 0. The predicted octanol–water partition coefficient (Wildman–Crippen LogP) is 4.83. The van der Waals surface area contributed by atoms with Crippen LogP contribution < -0.4 is 10.6 Å². The first-order valence-corrected chi connectivity index (χ1v) is 13.2. The highest BCUT2D eigenvalue weighted by Crippen LogP contribution is 2.43. The van der Waals surface area contributed by atoms with Crippen molar-refractivity contribution in [1.82, 2.24) is 25.2 Å². The number of carbonyl (C=O) groups excluding carboxylic acids is 2. The molecule has 0 radical (unpaired) electrons. The van der Waals surface area contributed by atoms with E-state index in [9.17, 15) is 22.8 Å². The Morgan fingerprint density at radius 3 is 2.44 bits per heavy atom. The number of alkyl halides is 3. The van der Waals surface area contributed by atoms with E-state index < -0.39 is 24.1 Å². The van der Waals surface area contributed by atoms with Gasteiger partial charge in [-0.3, -0.25) is 9.59 Å². The van der Waals surface area contributed by atoms with Crippen LogP contribution in [0.4, 0.5) is 13.2 Å². The molecule has 0 saturated heterocycles. The Hall–Kier alpha value is -2.65. The molecule has 7 nitrogen and oxygen atoms in total. The molecule has 3 aliphatic rings. The molecule has 3 fully saturated rings. The number of halogens is 3. The summed E-state index contributed by atoms with van der Waals surface area (Å²) in [6.07, 6.45) is 6.98. The molecule has 5 rings (SSSR count). The van der Waals surface area contributed by atoms with Crippen molar-refractivity contribution in [2.75, 3.05) is 0 Å². The Labute approximate surface area is 208 Å². The van der Waals surface area contributed by atoms with Crippen LogP contribution in [0.2, 0.25) is 0 Å². The molecule has 196 valence electrons. The summed E-state index contributed by atoms with van der Waals surface area (Å²) in [5.74, 6) is -3.60. The molecule has 2 aromatic heterocycles. The Balaban J connectivity index is 1.41. The van der Waals surface area contributed by atoms with Gasteiger partial charge in [-0.05, 0) is 62.0 Å². The Bertz CT molecular complexity index is 1110. The molecule has 4 atom stereocenters. The lowest BCUT2D eigenvalue weighted by Gasteiger charge is -2.34. The minimum Gasteiger partial charge on any atom is -0.349 e. The molecular formula is C26H34F3N5O2. The molecule has 10 heteroatoms. The minimum absolute atomic E-state index is 0.0152. The fraction of sp³-hybridized carbons (Fsp3) is 0.692. The van der Waals surface area contributed by atoms with E-state index in [0.29, 0.717) is 23.7 Å². The molecule has 0 aliphatic heterocycles. The Kier molecular flexibility index (Phi) is 6.96. The summed E-state index contributed by atoms with van der Waals surface area (Å²) in [6, 6.07) is 1.18. The second kappa shape index (κ2) is 10.0. The van der Waals surface area contributed by atoms with E-state index >= 15 is 0 Å². The monoisotopic (exact) mass is 505 g/mol. The van der Waals surface area contributed by atoms with Crippen LogP contribution in [0.5, 0.6) is 0 Å². The van der Waals surface area contributed by atoms with Gasteiger partial charge in [-0.15, -0.1) is 0 Å². The molecule has 0 unspecified atom stereocenters. The number of hydrogen-bond acceptors (Lipinski definition) is 4. The summed E-state index contributed by atoms with van der Waals surface area (Å²) >= 11 is 0. The molecule has 3 saturated carbocycles. The summed E-state index contributed by atoms with van der Waals surface area (Å²) in [6.45, 7) is 1.97. The quantitative estimate of drug-likeness (QED) is 0.511. The standard InChI is InChI=1S/C26H34F3N5O2/c1-2-4-22(35)32-23(15-5-3-6-15)17-11-21-31-20(14-34(21)30-13-17)24(33-25(36)18-12-19(18)27)16-7-9-26(28,29)10-8-16/h11,13-16,18-19,23-24H,2-10,12H2,1H3,(H,32,35)(H,33,36)/t18-,19-,23-,24+/m1/s1. The van der Waals surface area contributed by atoms with E-state index in [1.165, 1.54) is 0 Å². The molecular weight excluding hydrogens is 471 g/mol. The first-order chi connectivity index (χ1) is 17.2. The van der Waals surface area contributed by atoms with Crippen LogP contribution in [-0.2, 0) is 9.59 Å². The second-order valence-electron chi connectivity index (χ2n) is 10.8. The number of aromatic nitrogens is 3. The van der Waals surface area contributed by atoms with Crippen LogP contribution in [0.15, 0.2) is 18.5 Å². The van der Waals surface area contributed by atoms with Crippen LogP contribution in [-0.4, -0.2) is 38.5 Å². The molecule has 0 spiro atoms. The highest BCUT2D eigenvalue weighted by molar-refractivity contribution is 5.82. The van der Waals surface area contributed by atoms with Gasteiger partial charge < -0.3 is 10.6 Å². The average Bonchev–Trinajstić information content (AvgIpc) is 3.38. The van der Waals surface area contributed by atoms with Crippen molar-refractivity contribution in [2.45, 2.75) is 95.3 Å². The zero-order valence-electron chi connectivity index (χ0n) is 20.6. The number of carbonyl (C=O) groups is 2. The maximum atomic E-state index is 13.8. The van der Waals surface area contributed by atoms with Crippen molar-refractivity contribution in [1.29, 1.82) is 0 Å². The van der Waals surface area contributed by atoms with Crippen molar-refractivity contribution in [2.24, 2.45) is 17.8 Å². The van der Waals surface area contributed by atoms with Crippen molar-refractivity contribution < 1.29 is 22.8 Å². The van der Waals surface area contributed by atoms with Gasteiger partial charge in [-0.1, -0.05) is 13.3 Å². The van der Waals surface area contributed by atoms with E-state index in [-0.39, 0.29) is 55.9 Å². The molecule has 2 heterocycles. The zero-order valence-corrected chi connectivity index (χ0v) is 20.6. The fourth-order valence-corrected chi connectivity index (χ4v) is 5.47. The molecule has 0 bridgehead atoms. The van der Waals surface area contributed by atoms with Gasteiger partial charge in [0.15, 0.2) is 5.65 Å². The van der Waals surface area contributed by atoms with Crippen LogP contribution >= 0.6 is 0 Å². The molecule has 2 amide bonds. The smallest absolute Gasteiger partial charge is 0.248 e. The molecule has 36 heavy (non-hydrogen) atoms. The van der Waals surface area contributed by atoms with E-state index in [1.807, 2.05) is 13.0 Å². The lowest BCUT2D eigenvalue weighted by atomic mass is 9.77. The van der Waals surface area contributed by atoms with Gasteiger partial charge in [-0.25, -0.2) is 22.7 Å². The van der Waals surface area contributed by atoms with Gasteiger partial charge in [0.1, 0.15) is 6.17 Å². The number of nitrogens with one attached hydrogen (secondary N) is 2. The summed E-state index contributed by atoms with van der Waals surface area (Å²) < 4.78 is 42.8. The molecule has 0 aromatic carbocycles. The third kappa shape index (κ3) is 5.37. The van der Waals surface area contributed by atoms with Gasteiger partial charge in [-0.2, -0.15) is 5.10 Å². The SMILES string of the molecule is CCCC(=O)N[C@@H](c1cnn2cc([C@@H](NC(=O)[C@@H]3C[C@H]3F)C3CCC(F)(F)CC3)nc2c1)C1CCC1. The van der Waals surface area contributed by atoms with Crippen molar-refractivity contribution >= 4 is 17.5 Å². The maximum absolute atomic E-state index is 13.8. The number of nitrogens with zero attached hydrogens (tertiary/aromatic N) is 3. The Morgan fingerprint density at radius 1 is 1.14 bits per heavy atom. The predicted molar refractivity (Wildman–Crippen MR) is 127 cm³/mol. The highest BCUT2D eigenvalue weighted by atomic mass is 19.3. The third-order valence-electron chi connectivity index (χ3n) is 8.03. The van der Waals surface area contributed by atoms with Crippen LogP contribution in [0.25, 0.3) is 5.65 Å². The highest BCUT2D eigenvalue weighted by Gasteiger charge is 2.46. The molecule has 3 aliphatic carbocycles. The van der Waals surface area contributed by atoms with Crippen LogP contribution in [0.1, 0.15) is 94.5 Å². The van der Waals surface area contributed by atoms with E-state index in [0.717, 1.165) is 31.2 Å². The van der Waals surface area contributed by atoms with Crippen molar-refractivity contribution in [3.8, 4) is 0 Å². The van der Waals surface area contributed by atoms with Crippen LogP contribution in [0.3, 0.4) is 0 Å². The largest absolute Gasteiger partial charge is 0.349 e. The summed E-state index contributed by atoms with van der Waals surface area (Å²) in [4.78, 5) is 29.7. The maximum Gasteiger partial charge on any atom is 0.248 e. The topological polar surface area (TPSA) is 88.4 Å². The van der Waals surface area contributed by atoms with Crippen molar-refractivity contribution in [3.63, 3.8) is 0 Å². The third-order valence-corrected chi connectivity index (χ3v) is 8.03. The minimum atomic E-state index is -2.69. The van der Waals surface area contributed by atoms with Gasteiger partial charge >= 0.3 is 0 Å². The first kappa shape index (κ1) is 25.0. The van der Waals surface area contributed by atoms with Crippen LogP contribution in [0, 0.1) is 17.8 Å². The summed E-state index contributed by atoms with van der Waals surface area (Å²) in [5, 5.41) is 10.6. The lowest BCUT2D eigenvalue weighted by molar-refractivity contribution is -0.124. The number of rotatable bonds is 9. The van der Waals surface area contributed by atoms with E-state index in [2.05, 4.69) is 15.7 Å². The zero-order chi connectivity index (χ0) is 25.4. The van der Waals surface area contributed by atoms with E-state index in [4.69, 9.17) is 4.98 Å². The summed E-state index contributed by atoms with van der Waals surface area (Å²) in [5.41, 5.74) is 1.98. The first-order valence-electron chi connectivity index (χ1n) is 13.2. The molecule has 2 N–H and O–H groups in total. The Morgan fingerprint density at radius 2 is 1.83 bits per heavy atom. The number of amides is 2. The lowest BCUT2D eigenvalue weighted by Crippen LogP contribution is -2.38. The van der Waals surface area contributed by atoms with Gasteiger partial charge in [0.05, 0.1) is 36.1 Å². The van der Waals surface area contributed by atoms with Gasteiger partial charge in [0, 0.05) is 19.3 Å². The van der Waals surface area contributed by atoms with Gasteiger partial charge in [0.25, 0.3) is 0 Å². The average molecular weight is 506 g/mol. The second-order valence-corrected chi connectivity index (χ2v) is 10.8. The number of imidazole rings is 1. The fourth-order valence-electron chi connectivity index (χ4n) is 5.47. The molecule has 2 aromatic rings.